The van der Waals surface area contributed by atoms with Crippen LogP contribution in [0.15, 0.2) is 66.0 Å². The molecule has 9 heteroatoms. The van der Waals surface area contributed by atoms with Crippen LogP contribution < -0.4 is 14.4 Å². The Labute approximate surface area is 194 Å². The molecule has 1 aliphatic heterocycles. The molecule has 0 saturated carbocycles. The van der Waals surface area contributed by atoms with E-state index in [2.05, 4.69) is 15.5 Å². The number of nitrogens with zero attached hydrogens (tertiary/aromatic N) is 5. The monoisotopic (exact) mass is 459 g/mol. The summed E-state index contributed by atoms with van der Waals surface area (Å²) in [5.41, 5.74) is 1.91. The van der Waals surface area contributed by atoms with Crippen LogP contribution in [0.25, 0.3) is 11.8 Å². The molecule has 0 atom stereocenters. The van der Waals surface area contributed by atoms with Crippen LogP contribution in [0.4, 0.5) is 5.69 Å². The number of tetrazole rings is 1. The minimum atomic E-state index is -0.237. The first-order valence-electron chi connectivity index (χ1n) is 10.4. The predicted molar refractivity (Wildman–Crippen MR) is 126 cm³/mol. The van der Waals surface area contributed by atoms with Crippen LogP contribution in [0.2, 0.25) is 0 Å². The maximum atomic E-state index is 14.1. The average molecular weight is 460 g/mol. The summed E-state index contributed by atoms with van der Waals surface area (Å²) in [7, 11) is 0. The first kappa shape index (κ1) is 20.9. The Balaban J connectivity index is 1.60. The molecule has 4 aromatic rings. The highest BCUT2D eigenvalue weighted by atomic mass is 32.1. The Morgan fingerprint density at radius 2 is 1.91 bits per heavy atom. The number of aryl methyl sites for hydroxylation is 1. The lowest BCUT2D eigenvalue weighted by molar-refractivity contribution is -0.113. The molecule has 0 bridgehead atoms. The van der Waals surface area contributed by atoms with E-state index in [4.69, 9.17) is 9.47 Å². The van der Waals surface area contributed by atoms with Gasteiger partial charge in [-0.05, 0) is 52.6 Å². The smallest absolute Gasteiger partial charge is 0.277 e. The van der Waals surface area contributed by atoms with Gasteiger partial charge < -0.3 is 14.4 Å². The third-order valence-electron chi connectivity index (χ3n) is 5.15. The van der Waals surface area contributed by atoms with Crippen LogP contribution in [-0.4, -0.2) is 39.3 Å². The standard InChI is InChI=1S/C24H21N5O3S/c1-17-25-26-27-29(17)21(14-18-6-3-2-4-7-18)24(30)28(16-20-8-5-13-33-20)19-9-10-22-23(15-19)32-12-11-31-22/h2-10,13-15H,11-12,16H2,1H3/b21-14+. The lowest BCUT2D eigenvalue weighted by Gasteiger charge is -2.26. The minimum absolute atomic E-state index is 0.237. The van der Waals surface area contributed by atoms with Crippen LogP contribution in [0, 0.1) is 6.92 Å². The maximum Gasteiger partial charge on any atom is 0.277 e. The number of aromatic nitrogens is 4. The van der Waals surface area contributed by atoms with Crippen LogP contribution in [0.5, 0.6) is 11.5 Å². The fraction of sp³-hybridized carbons (Fsp3) is 0.167. The molecular formula is C24H21N5O3S. The second-order valence-corrected chi connectivity index (χ2v) is 8.41. The lowest BCUT2D eigenvalue weighted by Crippen LogP contribution is -2.33. The zero-order chi connectivity index (χ0) is 22.6. The number of hydrogen-bond donors (Lipinski definition) is 0. The number of rotatable bonds is 6. The molecule has 166 valence electrons. The molecule has 1 amide bonds. The van der Waals surface area contributed by atoms with Crippen molar-refractivity contribution in [3.8, 4) is 11.5 Å². The number of fused-ring (bicyclic) bond motifs is 1. The van der Waals surface area contributed by atoms with Crippen LogP contribution in [0.1, 0.15) is 16.3 Å². The van der Waals surface area contributed by atoms with Crippen molar-refractivity contribution in [3.63, 3.8) is 0 Å². The molecule has 8 nitrogen and oxygen atoms in total. The maximum absolute atomic E-state index is 14.1. The number of benzene rings is 2. The van der Waals surface area contributed by atoms with Crippen LogP contribution >= 0.6 is 11.3 Å². The zero-order valence-electron chi connectivity index (χ0n) is 17.9. The van der Waals surface area contributed by atoms with Crippen molar-refractivity contribution in [2.75, 3.05) is 18.1 Å². The summed E-state index contributed by atoms with van der Waals surface area (Å²) < 4.78 is 12.9. The first-order chi connectivity index (χ1) is 16.2. The third-order valence-corrected chi connectivity index (χ3v) is 6.01. The molecule has 0 aliphatic carbocycles. The highest BCUT2D eigenvalue weighted by molar-refractivity contribution is 7.09. The van der Waals surface area contributed by atoms with Crippen molar-refractivity contribution in [1.29, 1.82) is 0 Å². The van der Waals surface area contributed by atoms with Gasteiger partial charge in [0.15, 0.2) is 17.3 Å². The Kier molecular flexibility index (Phi) is 5.86. The lowest BCUT2D eigenvalue weighted by atomic mass is 10.1. The van der Waals surface area contributed by atoms with E-state index in [1.54, 1.807) is 29.2 Å². The summed E-state index contributed by atoms with van der Waals surface area (Å²) in [6.45, 7) is 3.13. The highest BCUT2D eigenvalue weighted by Gasteiger charge is 2.26. The van der Waals surface area contributed by atoms with E-state index in [9.17, 15) is 4.79 Å². The molecule has 0 spiro atoms. The van der Waals surface area contributed by atoms with Gasteiger partial charge in [0.05, 0.1) is 6.54 Å². The van der Waals surface area contributed by atoms with Gasteiger partial charge in [0.25, 0.3) is 5.91 Å². The Morgan fingerprint density at radius 1 is 1.09 bits per heavy atom. The molecule has 2 aromatic carbocycles. The summed E-state index contributed by atoms with van der Waals surface area (Å²) in [4.78, 5) is 16.8. The molecular weight excluding hydrogens is 438 g/mol. The van der Waals surface area contributed by atoms with Crippen LogP contribution in [0.3, 0.4) is 0 Å². The topological polar surface area (TPSA) is 82.4 Å². The fourth-order valence-electron chi connectivity index (χ4n) is 3.55. The molecule has 0 fully saturated rings. The highest BCUT2D eigenvalue weighted by Crippen LogP contribution is 2.35. The van der Waals surface area contributed by atoms with Gasteiger partial charge in [-0.15, -0.1) is 16.4 Å². The van der Waals surface area contributed by atoms with E-state index in [1.807, 2.05) is 66.0 Å². The van der Waals surface area contributed by atoms with E-state index in [1.165, 1.54) is 4.68 Å². The minimum Gasteiger partial charge on any atom is -0.486 e. The summed E-state index contributed by atoms with van der Waals surface area (Å²) in [6, 6.07) is 19.2. The number of ether oxygens (including phenoxy) is 2. The molecule has 0 N–H and O–H groups in total. The number of amides is 1. The molecule has 0 radical (unpaired) electrons. The molecule has 0 unspecified atom stereocenters. The van der Waals surface area contributed by atoms with Crippen molar-refractivity contribution >= 4 is 34.7 Å². The fourth-order valence-corrected chi connectivity index (χ4v) is 4.24. The molecule has 3 heterocycles. The quantitative estimate of drug-likeness (QED) is 0.405. The number of carbonyl (C=O) groups excluding carboxylic acids is 1. The van der Waals surface area contributed by atoms with Crippen molar-refractivity contribution in [2.45, 2.75) is 13.5 Å². The van der Waals surface area contributed by atoms with Gasteiger partial charge in [-0.2, -0.15) is 4.68 Å². The van der Waals surface area contributed by atoms with Gasteiger partial charge in [0.1, 0.15) is 18.9 Å². The van der Waals surface area contributed by atoms with Gasteiger partial charge in [-0.3, -0.25) is 4.79 Å². The Hall–Kier alpha value is -3.98. The zero-order valence-corrected chi connectivity index (χ0v) is 18.7. The number of thiophene rings is 1. The molecule has 0 saturated heterocycles. The van der Waals surface area contributed by atoms with E-state index in [-0.39, 0.29) is 5.91 Å². The molecule has 33 heavy (non-hydrogen) atoms. The van der Waals surface area contributed by atoms with Crippen LogP contribution in [-0.2, 0) is 11.3 Å². The normalized spacial score (nSPS) is 13.1. The van der Waals surface area contributed by atoms with E-state index in [0.29, 0.717) is 48.5 Å². The number of anilines is 1. The Morgan fingerprint density at radius 3 is 2.64 bits per heavy atom. The van der Waals surface area contributed by atoms with Gasteiger partial charge in [0.2, 0.25) is 0 Å². The number of carbonyl (C=O) groups is 1. The second-order valence-electron chi connectivity index (χ2n) is 7.38. The molecule has 5 rings (SSSR count). The van der Waals surface area contributed by atoms with Crippen molar-refractivity contribution in [1.82, 2.24) is 20.2 Å². The first-order valence-corrected chi connectivity index (χ1v) is 11.3. The Bertz CT molecular complexity index is 1280. The summed E-state index contributed by atoms with van der Waals surface area (Å²) in [5.74, 6) is 1.57. The van der Waals surface area contributed by atoms with E-state index >= 15 is 0 Å². The van der Waals surface area contributed by atoms with Gasteiger partial charge in [-0.1, -0.05) is 36.4 Å². The largest absolute Gasteiger partial charge is 0.486 e. The predicted octanol–water partition coefficient (Wildman–Crippen LogP) is 4.05. The van der Waals surface area contributed by atoms with Gasteiger partial charge in [-0.25, -0.2) is 0 Å². The van der Waals surface area contributed by atoms with Crippen molar-refractivity contribution in [3.05, 3.63) is 82.3 Å². The summed E-state index contributed by atoms with van der Waals surface area (Å²) in [6.07, 6.45) is 1.80. The SMILES string of the molecule is Cc1nnnn1/C(=C/c1ccccc1)C(=O)N(Cc1cccs1)c1ccc2c(c1)OCCO2. The summed E-state index contributed by atoms with van der Waals surface area (Å²) >= 11 is 1.59. The van der Waals surface area contributed by atoms with Gasteiger partial charge >= 0.3 is 0 Å². The van der Waals surface area contributed by atoms with E-state index < -0.39 is 0 Å². The molecule has 1 aliphatic rings. The van der Waals surface area contributed by atoms with Crippen molar-refractivity contribution < 1.29 is 14.3 Å². The number of hydrogen-bond acceptors (Lipinski definition) is 7. The summed E-state index contributed by atoms with van der Waals surface area (Å²) in [5, 5.41) is 13.8. The third kappa shape index (κ3) is 4.49. The second kappa shape index (κ2) is 9.25. The van der Waals surface area contributed by atoms with Gasteiger partial charge in [0, 0.05) is 16.6 Å². The van der Waals surface area contributed by atoms with E-state index in [0.717, 1.165) is 10.4 Å². The molecule has 2 aromatic heterocycles. The average Bonchev–Trinajstić information content (AvgIpc) is 3.53. The van der Waals surface area contributed by atoms with Crippen molar-refractivity contribution in [2.24, 2.45) is 0 Å².